The molecule has 1 aromatic carbocycles. The summed E-state index contributed by atoms with van der Waals surface area (Å²) in [4.78, 5) is 11.8. The van der Waals surface area contributed by atoms with Gasteiger partial charge in [0.05, 0.1) is 18.9 Å². The average Bonchev–Trinajstić information content (AvgIpc) is 2.61. The van der Waals surface area contributed by atoms with Gasteiger partial charge in [-0.15, -0.1) is 0 Å². The molecule has 0 radical (unpaired) electrons. The van der Waals surface area contributed by atoms with Gasteiger partial charge in [-0.3, -0.25) is 5.21 Å². The summed E-state index contributed by atoms with van der Waals surface area (Å²) in [6, 6.07) is 6.78. The fraction of sp³-hybridized carbons (Fsp3) is 0.611. The second-order valence-electron chi connectivity index (χ2n) is 5.58. The molecule has 0 saturated carbocycles. The first-order valence-corrected chi connectivity index (χ1v) is 8.78. The number of hydroxylamine groups is 1. The molecule has 0 spiro atoms. The minimum absolute atomic E-state index is 0.264. The van der Waals surface area contributed by atoms with Crippen molar-refractivity contribution in [2.75, 3.05) is 31.4 Å². The Labute approximate surface area is 144 Å². The number of unbranched alkanes of at least 4 members (excludes halogenated alkanes) is 2. The molecule has 0 saturated heterocycles. The van der Waals surface area contributed by atoms with Gasteiger partial charge in [0.2, 0.25) is 0 Å². The summed E-state index contributed by atoms with van der Waals surface area (Å²) in [6.07, 6.45) is 4.23. The fourth-order valence-corrected chi connectivity index (χ4v) is 2.07. The van der Waals surface area contributed by atoms with Gasteiger partial charge in [-0.25, -0.2) is 4.79 Å². The number of benzene rings is 1. The van der Waals surface area contributed by atoms with Crippen LogP contribution in [-0.4, -0.2) is 37.6 Å². The molecule has 0 aromatic heterocycles. The van der Waals surface area contributed by atoms with Crippen molar-refractivity contribution in [3.63, 3.8) is 0 Å². The van der Waals surface area contributed by atoms with E-state index in [0.29, 0.717) is 29.5 Å². The van der Waals surface area contributed by atoms with Crippen LogP contribution >= 0.6 is 0 Å². The first kappa shape index (κ1) is 20.3. The van der Waals surface area contributed by atoms with Crippen LogP contribution in [0.1, 0.15) is 46.0 Å². The van der Waals surface area contributed by atoms with E-state index < -0.39 is 6.09 Å². The van der Waals surface area contributed by atoms with Crippen LogP contribution in [-0.2, 0) is 4.74 Å². The number of amides is 1. The number of rotatable bonds is 12. The normalized spacial score (nSPS) is 10.5. The maximum atomic E-state index is 11.8. The molecule has 1 amide bonds. The SMILES string of the molecule is CCCCCOc1cccc(N(O)C(=O)OCCCNCCC)c1. The Morgan fingerprint density at radius 3 is 2.71 bits per heavy atom. The third kappa shape index (κ3) is 8.17. The molecule has 0 atom stereocenters. The van der Waals surface area contributed by atoms with Crippen LogP contribution < -0.4 is 15.1 Å². The highest BCUT2D eigenvalue weighted by Gasteiger charge is 2.15. The average molecular weight is 338 g/mol. The summed E-state index contributed by atoms with van der Waals surface area (Å²) in [7, 11) is 0. The number of hydrogen-bond donors (Lipinski definition) is 2. The van der Waals surface area contributed by atoms with E-state index in [0.717, 1.165) is 38.8 Å². The van der Waals surface area contributed by atoms with Crippen LogP contribution in [0.15, 0.2) is 24.3 Å². The van der Waals surface area contributed by atoms with E-state index >= 15 is 0 Å². The van der Waals surface area contributed by atoms with Gasteiger partial charge < -0.3 is 14.8 Å². The lowest BCUT2D eigenvalue weighted by molar-refractivity contribution is 0.119. The predicted octanol–water partition coefficient (Wildman–Crippen LogP) is 3.98. The van der Waals surface area contributed by atoms with E-state index in [1.165, 1.54) is 0 Å². The number of nitrogens with zero attached hydrogens (tertiary/aromatic N) is 1. The lowest BCUT2D eigenvalue weighted by Crippen LogP contribution is -2.28. The van der Waals surface area contributed by atoms with Gasteiger partial charge >= 0.3 is 6.09 Å². The number of ether oxygens (including phenoxy) is 2. The minimum atomic E-state index is -0.784. The van der Waals surface area contributed by atoms with E-state index in [-0.39, 0.29) is 6.61 Å². The Hall–Kier alpha value is -1.79. The Morgan fingerprint density at radius 1 is 1.12 bits per heavy atom. The van der Waals surface area contributed by atoms with Crippen molar-refractivity contribution in [3.8, 4) is 5.75 Å². The molecule has 0 unspecified atom stereocenters. The number of hydrogen-bond acceptors (Lipinski definition) is 5. The van der Waals surface area contributed by atoms with Crippen LogP contribution in [0, 0.1) is 0 Å². The summed E-state index contributed by atoms with van der Waals surface area (Å²) < 4.78 is 10.7. The quantitative estimate of drug-likeness (QED) is 0.343. The summed E-state index contributed by atoms with van der Waals surface area (Å²) in [5.74, 6) is 0.624. The smallest absolute Gasteiger partial charge is 0.438 e. The molecule has 0 fully saturated rings. The molecule has 24 heavy (non-hydrogen) atoms. The number of anilines is 1. The first-order chi connectivity index (χ1) is 11.7. The highest BCUT2D eigenvalue weighted by molar-refractivity contribution is 5.85. The molecule has 0 aliphatic heterocycles. The number of carbonyl (C=O) groups is 1. The highest BCUT2D eigenvalue weighted by atomic mass is 16.6. The van der Waals surface area contributed by atoms with Crippen molar-refractivity contribution in [1.82, 2.24) is 5.32 Å². The summed E-state index contributed by atoms with van der Waals surface area (Å²) in [5.41, 5.74) is 0.331. The summed E-state index contributed by atoms with van der Waals surface area (Å²) >= 11 is 0. The molecule has 1 aromatic rings. The molecule has 0 heterocycles. The Kier molecular flexibility index (Phi) is 10.6. The molecule has 6 nitrogen and oxygen atoms in total. The summed E-state index contributed by atoms with van der Waals surface area (Å²) in [5, 5.41) is 13.7. The van der Waals surface area contributed by atoms with Crippen LogP contribution in [0.4, 0.5) is 10.5 Å². The Balaban J connectivity index is 2.37. The predicted molar refractivity (Wildman–Crippen MR) is 94.9 cm³/mol. The third-order valence-electron chi connectivity index (χ3n) is 3.40. The Morgan fingerprint density at radius 2 is 1.96 bits per heavy atom. The molecule has 2 N–H and O–H groups in total. The minimum Gasteiger partial charge on any atom is -0.494 e. The molecule has 0 aliphatic carbocycles. The lowest BCUT2D eigenvalue weighted by Gasteiger charge is -2.16. The molecular formula is C18H30N2O4. The fourth-order valence-electron chi connectivity index (χ4n) is 2.07. The standard InChI is InChI=1S/C18H30N2O4/c1-3-5-6-13-23-17-10-7-9-16(15-17)20(22)18(21)24-14-8-12-19-11-4-2/h7,9-10,15,19,22H,3-6,8,11-14H2,1-2H3. The van der Waals surface area contributed by atoms with Crippen LogP contribution in [0.25, 0.3) is 0 Å². The van der Waals surface area contributed by atoms with Crippen LogP contribution in [0.2, 0.25) is 0 Å². The zero-order chi connectivity index (χ0) is 17.6. The van der Waals surface area contributed by atoms with Gasteiger partial charge in [0.25, 0.3) is 0 Å². The van der Waals surface area contributed by atoms with Gasteiger partial charge in [-0.05, 0) is 44.5 Å². The molecule has 1 rings (SSSR count). The lowest BCUT2D eigenvalue weighted by atomic mass is 10.2. The van der Waals surface area contributed by atoms with Crippen molar-refractivity contribution in [2.24, 2.45) is 0 Å². The third-order valence-corrected chi connectivity index (χ3v) is 3.40. The topological polar surface area (TPSA) is 71.0 Å². The highest BCUT2D eigenvalue weighted by Crippen LogP contribution is 2.21. The molecule has 136 valence electrons. The van der Waals surface area contributed by atoms with Gasteiger partial charge in [-0.1, -0.05) is 32.8 Å². The van der Waals surface area contributed by atoms with Gasteiger partial charge in [0.1, 0.15) is 5.75 Å². The van der Waals surface area contributed by atoms with Gasteiger partial charge in [-0.2, -0.15) is 5.06 Å². The van der Waals surface area contributed by atoms with Crippen molar-refractivity contribution < 1.29 is 19.5 Å². The van der Waals surface area contributed by atoms with E-state index in [4.69, 9.17) is 9.47 Å². The van der Waals surface area contributed by atoms with Crippen molar-refractivity contribution in [1.29, 1.82) is 0 Å². The molecule has 0 aliphatic rings. The second kappa shape index (κ2) is 12.6. The van der Waals surface area contributed by atoms with Crippen molar-refractivity contribution >= 4 is 11.8 Å². The monoisotopic (exact) mass is 338 g/mol. The molecule has 0 bridgehead atoms. The van der Waals surface area contributed by atoms with Crippen LogP contribution in [0.3, 0.4) is 0 Å². The van der Waals surface area contributed by atoms with Crippen molar-refractivity contribution in [2.45, 2.75) is 46.0 Å². The van der Waals surface area contributed by atoms with E-state index in [1.807, 2.05) is 0 Å². The Bertz CT molecular complexity index is 468. The van der Waals surface area contributed by atoms with E-state index in [9.17, 15) is 10.0 Å². The molecular weight excluding hydrogens is 308 g/mol. The van der Waals surface area contributed by atoms with Crippen LogP contribution in [0.5, 0.6) is 5.75 Å². The summed E-state index contributed by atoms with van der Waals surface area (Å²) in [6.45, 7) is 6.85. The first-order valence-electron chi connectivity index (χ1n) is 8.78. The van der Waals surface area contributed by atoms with Gasteiger partial charge in [0, 0.05) is 6.07 Å². The number of nitrogens with one attached hydrogen (secondary N) is 1. The maximum Gasteiger partial charge on any atom is 0.438 e. The maximum absolute atomic E-state index is 11.8. The van der Waals surface area contributed by atoms with E-state index in [2.05, 4.69) is 19.2 Å². The largest absolute Gasteiger partial charge is 0.494 e. The van der Waals surface area contributed by atoms with Gasteiger partial charge in [0.15, 0.2) is 0 Å². The van der Waals surface area contributed by atoms with Crippen molar-refractivity contribution in [3.05, 3.63) is 24.3 Å². The second-order valence-corrected chi connectivity index (χ2v) is 5.58. The van der Waals surface area contributed by atoms with E-state index in [1.54, 1.807) is 24.3 Å². The molecule has 6 heteroatoms. The zero-order valence-electron chi connectivity index (χ0n) is 14.8. The number of carbonyl (C=O) groups excluding carboxylic acids is 1. The zero-order valence-corrected chi connectivity index (χ0v) is 14.8.